The van der Waals surface area contributed by atoms with Crippen molar-refractivity contribution >= 4 is 5.78 Å². The summed E-state index contributed by atoms with van der Waals surface area (Å²) in [6.07, 6.45) is 2.27. The second-order valence-electron chi connectivity index (χ2n) is 4.38. The molecule has 2 aliphatic carbocycles. The van der Waals surface area contributed by atoms with Crippen LogP contribution >= 0.6 is 0 Å². The second-order valence-corrected chi connectivity index (χ2v) is 4.38. The summed E-state index contributed by atoms with van der Waals surface area (Å²) in [6.45, 7) is 8.39. The van der Waals surface area contributed by atoms with E-state index >= 15 is 0 Å². The van der Waals surface area contributed by atoms with E-state index in [1.807, 2.05) is 6.92 Å². The zero-order valence-electron chi connectivity index (χ0n) is 7.84. The molecule has 1 heteroatoms. The van der Waals surface area contributed by atoms with Gasteiger partial charge in [0.15, 0.2) is 0 Å². The van der Waals surface area contributed by atoms with Gasteiger partial charge in [-0.2, -0.15) is 0 Å². The first-order chi connectivity index (χ1) is 5.63. The van der Waals surface area contributed by atoms with E-state index in [1.54, 1.807) is 0 Å². The van der Waals surface area contributed by atoms with E-state index in [9.17, 15) is 4.79 Å². The van der Waals surface area contributed by atoms with Crippen LogP contribution in [-0.4, -0.2) is 5.78 Å². The summed E-state index contributed by atoms with van der Waals surface area (Å²) in [7, 11) is 0. The molecule has 1 unspecified atom stereocenters. The van der Waals surface area contributed by atoms with Crippen molar-refractivity contribution < 1.29 is 4.79 Å². The van der Waals surface area contributed by atoms with Crippen LogP contribution in [-0.2, 0) is 4.79 Å². The third-order valence-electron chi connectivity index (χ3n) is 3.76. The van der Waals surface area contributed by atoms with E-state index in [0.717, 1.165) is 6.42 Å². The molecule has 0 radical (unpaired) electrons. The number of carbonyl (C=O) groups excluding carboxylic acids is 1. The zero-order chi connectivity index (χ0) is 8.88. The summed E-state index contributed by atoms with van der Waals surface area (Å²) in [5, 5.41) is 0. The van der Waals surface area contributed by atoms with Gasteiger partial charge in [-0.25, -0.2) is 0 Å². The van der Waals surface area contributed by atoms with Crippen molar-refractivity contribution in [2.45, 2.75) is 26.7 Å². The molecule has 0 saturated heterocycles. The summed E-state index contributed by atoms with van der Waals surface area (Å²) < 4.78 is 0. The lowest BCUT2D eigenvalue weighted by atomic mass is 9.55. The van der Waals surface area contributed by atoms with Crippen LogP contribution in [0.3, 0.4) is 0 Å². The molecule has 0 aromatic carbocycles. The highest BCUT2D eigenvalue weighted by Gasteiger charge is 2.50. The van der Waals surface area contributed by atoms with Gasteiger partial charge in [0.05, 0.1) is 0 Å². The minimum absolute atomic E-state index is 0.269. The topological polar surface area (TPSA) is 17.1 Å². The Morgan fingerprint density at radius 3 is 2.67 bits per heavy atom. The number of hydrogen-bond donors (Lipinski definition) is 0. The van der Waals surface area contributed by atoms with Gasteiger partial charge in [-0.1, -0.05) is 26.0 Å². The lowest BCUT2D eigenvalue weighted by molar-refractivity contribution is -0.142. The molecule has 0 aromatic rings. The normalized spacial score (nSPS) is 46.8. The molecule has 1 nitrogen and oxygen atoms in total. The first-order valence-corrected chi connectivity index (χ1v) is 4.85. The Balaban J connectivity index is 2.18. The molecule has 0 aromatic heterocycles. The van der Waals surface area contributed by atoms with Gasteiger partial charge in [0.2, 0.25) is 0 Å². The third kappa shape index (κ3) is 0.825. The quantitative estimate of drug-likeness (QED) is 0.502. The van der Waals surface area contributed by atoms with Crippen LogP contribution in [0.4, 0.5) is 0 Å². The highest BCUT2D eigenvalue weighted by molar-refractivity contribution is 5.91. The minimum atomic E-state index is 0.269. The van der Waals surface area contributed by atoms with Crippen molar-refractivity contribution in [3.63, 3.8) is 0 Å². The molecular formula is C11H16O. The molecule has 2 saturated carbocycles. The smallest absolute Gasteiger partial charge is 0.140 e. The fourth-order valence-electron chi connectivity index (χ4n) is 2.77. The summed E-state index contributed by atoms with van der Waals surface area (Å²) in [6, 6.07) is 0. The van der Waals surface area contributed by atoms with Crippen LogP contribution in [0.2, 0.25) is 0 Å². The highest BCUT2D eigenvalue weighted by Crippen LogP contribution is 2.50. The van der Waals surface area contributed by atoms with Crippen LogP contribution in [0.1, 0.15) is 26.7 Å². The Bertz CT molecular complexity index is 241. The Kier molecular flexibility index (Phi) is 1.64. The van der Waals surface area contributed by atoms with Crippen LogP contribution in [0.5, 0.6) is 0 Å². The molecule has 4 atom stereocenters. The maximum atomic E-state index is 11.4. The second kappa shape index (κ2) is 2.45. The van der Waals surface area contributed by atoms with E-state index in [0.29, 0.717) is 23.5 Å². The molecule has 0 amide bonds. The fourth-order valence-corrected chi connectivity index (χ4v) is 2.77. The summed E-state index contributed by atoms with van der Waals surface area (Å²) in [4.78, 5) is 11.4. The van der Waals surface area contributed by atoms with Gasteiger partial charge in [-0.05, 0) is 24.7 Å². The van der Waals surface area contributed by atoms with Gasteiger partial charge in [0.25, 0.3) is 0 Å². The predicted octanol–water partition coefficient (Wildman–Crippen LogP) is 2.42. The number of ketones is 1. The average Bonchev–Trinajstić information content (AvgIpc) is 2.08. The minimum Gasteiger partial charge on any atom is -0.299 e. The number of allylic oxidation sites excluding steroid dienone is 1. The fraction of sp³-hybridized carbons (Fsp3) is 0.727. The standard InChI is InChI=1S/C11H16O/c1-6-4-5-9-10(7(6)2)8(3)11(9)12/h6,8-10H,2,4-5H2,1,3H3/t6-,8-,9+,10?/m1/s1. The lowest BCUT2D eigenvalue weighted by Gasteiger charge is -2.48. The molecule has 2 rings (SSSR count). The van der Waals surface area contributed by atoms with Gasteiger partial charge in [0, 0.05) is 11.8 Å². The van der Waals surface area contributed by atoms with Crippen molar-refractivity contribution in [1.82, 2.24) is 0 Å². The molecule has 0 heterocycles. The summed E-state index contributed by atoms with van der Waals surface area (Å²) in [5.41, 5.74) is 1.33. The third-order valence-corrected chi connectivity index (χ3v) is 3.76. The van der Waals surface area contributed by atoms with E-state index < -0.39 is 0 Å². The molecule has 66 valence electrons. The molecule has 12 heavy (non-hydrogen) atoms. The predicted molar refractivity (Wildman–Crippen MR) is 48.7 cm³/mol. The van der Waals surface area contributed by atoms with E-state index in [-0.39, 0.29) is 5.92 Å². The molecule has 0 aliphatic heterocycles. The lowest BCUT2D eigenvalue weighted by Crippen LogP contribution is -2.50. The first kappa shape index (κ1) is 8.03. The van der Waals surface area contributed by atoms with Crippen LogP contribution in [0, 0.1) is 23.7 Å². The molecular weight excluding hydrogens is 148 g/mol. The van der Waals surface area contributed by atoms with Crippen LogP contribution in [0.15, 0.2) is 12.2 Å². The van der Waals surface area contributed by atoms with Crippen molar-refractivity contribution in [3.05, 3.63) is 12.2 Å². The molecule has 2 fully saturated rings. The number of fused-ring (bicyclic) bond motifs is 1. The largest absolute Gasteiger partial charge is 0.299 e. The molecule has 0 N–H and O–H groups in total. The van der Waals surface area contributed by atoms with Gasteiger partial charge in [0.1, 0.15) is 5.78 Å². The Hall–Kier alpha value is -0.590. The van der Waals surface area contributed by atoms with Gasteiger partial charge < -0.3 is 0 Å². The van der Waals surface area contributed by atoms with Crippen LogP contribution in [0.25, 0.3) is 0 Å². The maximum absolute atomic E-state index is 11.4. The molecule has 2 aliphatic rings. The SMILES string of the molecule is C=C1C2[C@H](CC[C@H]1C)C(=O)[C@@H]2C. The number of hydrogen-bond acceptors (Lipinski definition) is 1. The maximum Gasteiger partial charge on any atom is 0.140 e. The number of Topliss-reactive ketones (excluding diaryl/α,β-unsaturated/α-hetero) is 1. The van der Waals surface area contributed by atoms with E-state index in [2.05, 4.69) is 13.5 Å². The van der Waals surface area contributed by atoms with E-state index in [1.165, 1.54) is 12.0 Å². The Morgan fingerprint density at radius 1 is 1.33 bits per heavy atom. The van der Waals surface area contributed by atoms with Crippen molar-refractivity contribution in [1.29, 1.82) is 0 Å². The van der Waals surface area contributed by atoms with Crippen molar-refractivity contribution in [3.8, 4) is 0 Å². The monoisotopic (exact) mass is 164 g/mol. The molecule has 0 bridgehead atoms. The summed E-state index contributed by atoms with van der Waals surface area (Å²) >= 11 is 0. The molecule has 0 spiro atoms. The number of carbonyl (C=O) groups is 1. The Morgan fingerprint density at radius 2 is 2.00 bits per heavy atom. The van der Waals surface area contributed by atoms with Gasteiger partial charge >= 0.3 is 0 Å². The van der Waals surface area contributed by atoms with E-state index in [4.69, 9.17) is 0 Å². The highest BCUT2D eigenvalue weighted by atomic mass is 16.1. The first-order valence-electron chi connectivity index (χ1n) is 4.85. The summed E-state index contributed by atoms with van der Waals surface area (Å²) in [5.74, 6) is 2.27. The van der Waals surface area contributed by atoms with Gasteiger partial charge in [-0.15, -0.1) is 0 Å². The van der Waals surface area contributed by atoms with Crippen LogP contribution < -0.4 is 0 Å². The average molecular weight is 164 g/mol. The van der Waals surface area contributed by atoms with Gasteiger partial charge in [-0.3, -0.25) is 4.79 Å². The zero-order valence-corrected chi connectivity index (χ0v) is 7.84. The van der Waals surface area contributed by atoms with Crippen molar-refractivity contribution in [2.75, 3.05) is 0 Å². The van der Waals surface area contributed by atoms with Crippen molar-refractivity contribution in [2.24, 2.45) is 23.7 Å². The number of rotatable bonds is 0. The Labute approximate surface area is 73.8 Å².